The van der Waals surface area contributed by atoms with Gasteiger partial charge in [-0.15, -0.1) is 0 Å². The van der Waals surface area contributed by atoms with Crippen LogP contribution in [0, 0.1) is 10.1 Å². The van der Waals surface area contributed by atoms with E-state index in [2.05, 4.69) is 0 Å². The van der Waals surface area contributed by atoms with Crippen molar-refractivity contribution in [2.45, 2.75) is 25.7 Å². The van der Waals surface area contributed by atoms with Gasteiger partial charge in [-0.1, -0.05) is 6.07 Å². The summed E-state index contributed by atoms with van der Waals surface area (Å²) in [4.78, 5) is 34.6. The first kappa shape index (κ1) is 15.0. The molecule has 0 bridgehead atoms. The molecule has 7 heteroatoms. The molecule has 0 atom stereocenters. The van der Waals surface area contributed by atoms with Crippen molar-refractivity contribution in [3.63, 3.8) is 0 Å². The smallest absolute Gasteiger partial charge is 0.303 e. The number of amides is 1. The summed E-state index contributed by atoms with van der Waals surface area (Å²) < 4.78 is 0. The SMILES string of the molecule is O=C(O)CCCCN1CCc2ccc([N+](=O)[O-])cc2C1=O. The number of benzene rings is 1. The molecule has 0 unspecified atom stereocenters. The van der Waals surface area contributed by atoms with Crippen LogP contribution < -0.4 is 0 Å². The number of carbonyl (C=O) groups excluding carboxylic acids is 1. The summed E-state index contributed by atoms with van der Waals surface area (Å²) in [6.07, 6.45) is 1.88. The monoisotopic (exact) mass is 292 g/mol. The molecule has 1 aromatic rings. The van der Waals surface area contributed by atoms with Crippen LogP contribution in [0.15, 0.2) is 18.2 Å². The van der Waals surface area contributed by atoms with Crippen molar-refractivity contribution >= 4 is 17.6 Å². The Balaban J connectivity index is 2.03. The molecule has 1 aromatic carbocycles. The maximum Gasteiger partial charge on any atom is 0.303 e. The van der Waals surface area contributed by atoms with Gasteiger partial charge in [0.2, 0.25) is 0 Å². The Labute approximate surface area is 121 Å². The van der Waals surface area contributed by atoms with Crippen LogP contribution in [0.2, 0.25) is 0 Å². The van der Waals surface area contributed by atoms with Crippen molar-refractivity contribution in [1.82, 2.24) is 4.90 Å². The topological polar surface area (TPSA) is 101 Å². The van der Waals surface area contributed by atoms with Gasteiger partial charge in [0.25, 0.3) is 11.6 Å². The zero-order valence-corrected chi connectivity index (χ0v) is 11.4. The number of fused-ring (bicyclic) bond motifs is 1. The number of aliphatic carboxylic acids is 1. The number of hydrogen-bond acceptors (Lipinski definition) is 4. The van der Waals surface area contributed by atoms with Crippen LogP contribution in [-0.4, -0.2) is 39.9 Å². The molecule has 1 amide bonds. The summed E-state index contributed by atoms with van der Waals surface area (Å²) in [5.41, 5.74) is 1.12. The van der Waals surface area contributed by atoms with E-state index in [0.717, 1.165) is 5.56 Å². The molecule has 0 spiro atoms. The number of carboxylic acid groups (broad SMARTS) is 1. The Morgan fingerprint density at radius 2 is 2.14 bits per heavy atom. The minimum Gasteiger partial charge on any atom is -0.481 e. The molecular weight excluding hydrogens is 276 g/mol. The van der Waals surface area contributed by atoms with Gasteiger partial charge < -0.3 is 10.0 Å². The van der Waals surface area contributed by atoms with Gasteiger partial charge in [0.15, 0.2) is 0 Å². The van der Waals surface area contributed by atoms with Gasteiger partial charge in [-0.05, 0) is 24.8 Å². The van der Waals surface area contributed by atoms with Crippen LogP contribution in [0.4, 0.5) is 5.69 Å². The lowest BCUT2D eigenvalue weighted by atomic mass is 9.98. The second-order valence-electron chi connectivity index (χ2n) is 4.99. The van der Waals surface area contributed by atoms with Crippen LogP contribution >= 0.6 is 0 Å². The van der Waals surface area contributed by atoms with E-state index in [-0.39, 0.29) is 18.0 Å². The van der Waals surface area contributed by atoms with Crippen molar-refractivity contribution < 1.29 is 19.6 Å². The Hall–Kier alpha value is -2.44. The molecule has 1 N–H and O–H groups in total. The summed E-state index contributed by atoms with van der Waals surface area (Å²) in [7, 11) is 0. The van der Waals surface area contributed by atoms with E-state index in [1.807, 2.05) is 0 Å². The number of rotatable bonds is 6. The third-order valence-electron chi connectivity index (χ3n) is 3.54. The standard InChI is InChI=1S/C14H16N2O5/c17-13(18)3-1-2-7-15-8-6-10-4-5-11(16(20)21)9-12(10)14(15)19/h4-5,9H,1-3,6-8H2,(H,17,18). The molecule has 7 nitrogen and oxygen atoms in total. The number of carbonyl (C=O) groups is 2. The molecule has 1 aliphatic heterocycles. The number of nitrogens with zero attached hydrogens (tertiary/aromatic N) is 2. The summed E-state index contributed by atoms with van der Waals surface area (Å²) >= 11 is 0. The first-order chi connectivity index (χ1) is 9.99. The molecule has 112 valence electrons. The number of non-ortho nitro benzene ring substituents is 1. The van der Waals surface area contributed by atoms with E-state index in [9.17, 15) is 19.7 Å². The molecule has 0 saturated carbocycles. The minimum absolute atomic E-state index is 0.0874. The maximum atomic E-state index is 12.3. The normalized spacial score (nSPS) is 13.9. The fraction of sp³-hybridized carbons (Fsp3) is 0.429. The van der Waals surface area contributed by atoms with E-state index in [1.54, 1.807) is 11.0 Å². The number of nitro benzene ring substituents is 1. The van der Waals surface area contributed by atoms with Crippen LogP contribution in [0.1, 0.15) is 35.2 Å². The molecule has 0 fully saturated rings. The van der Waals surface area contributed by atoms with Crippen LogP contribution in [0.5, 0.6) is 0 Å². The highest BCUT2D eigenvalue weighted by Crippen LogP contribution is 2.24. The van der Waals surface area contributed by atoms with Gasteiger partial charge in [0, 0.05) is 37.2 Å². The number of unbranched alkanes of at least 4 members (excludes halogenated alkanes) is 1. The minimum atomic E-state index is -0.846. The van der Waals surface area contributed by atoms with Gasteiger partial charge >= 0.3 is 5.97 Å². The number of hydrogen-bond donors (Lipinski definition) is 1. The molecule has 0 aliphatic carbocycles. The lowest BCUT2D eigenvalue weighted by molar-refractivity contribution is -0.384. The van der Waals surface area contributed by atoms with E-state index in [1.165, 1.54) is 12.1 Å². The first-order valence-electron chi connectivity index (χ1n) is 6.77. The Morgan fingerprint density at radius 1 is 1.38 bits per heavy atom. The van der Waals surface area contributed by atoms with Crippen molar-refractivity contribution in [1.29, 1.82) is 0 Å². The van der Waals surface area contributed by atoms with Gasteiger partial charge in [0.05, 0.1) is 4.92 Å². The third-order valence-corrected chi connectivity index (χ3v) is 3.54. The molecular formula is C14H16N2O5. The molecule has 0 saturated heterocycles. The second kappa shape index (κ2) is 6.34. The second-order valence-corrected chi connectivity index (χ2v) is 4.99. The highest BCUT2D eigenvalue weighted by Gasteiger charge is 2.25. The third kappa shape index (κ3) is 3.56. The molecule has 0 radical (unpaired) electrons. The van der Waals surface area contributed by atoms with Crippen molar-refractivity contribution in [2.75, 3.05) is 13.1 Å². The van der Waals surface area contributed by atoms with E-state index < -0.39 is 10.9 Å². The highest BCUT2D eigenvalue weighted by atomic mass is 16.6. The fourth-order valence-electron chi connectivity index (χ4n) is 2.41. The first-order valence-corrected chi connectivity index (χ1v) is 6.77. The summed E-state index contributed by atoms with van der Waals surface area (Å²) in [5, 5.41) is 19.3. The van der Waals surface area contributed by atoms with E-state index in [4.69, 9.17) is 5.11 Å². The van der Waals surface area contributed by atoms with Crippen molar-refractivity contribution in [3.8, 4) is 0 Å². The van der Waals surface area contributed by atoms with E-state index in [0.29, 0.717) is 37.9 Å². The molecule has 2 rings (SSSR count). The summed E-state index contributed by atoms with van der Waals surface area (Å²) in [5.74, 6) is -1.06. The molecule has 0 aromatic heterocycles. The lowest BCUT2D eigenvalue weighted by Crippen LogP contribution is -2.38. The highest BCUT2D eigenvalue weighted by molar-refractivity contribution is 5.97. The van der Waals surface area contributed by atoms with Gasteiger partial charge in [-0.25, -0.2) is 0 Å². The zero-order chi connectivity index (χ0) is 15.4. The quantitative estimate of drug-likeness (QED) is 0.490. The fourth-order valence-corrected chi connectivity index (χ4v) is 2.41. The Kier molecular flexibility index (Phi) is 4.52. The van der Waals surface area contributed by atoms with Crippen LogP contribution in [0.3, 0.4) is 0 Å². The Bertz CT molecular complexity index is 585. The van der Waals surface area contributed by atoms with Crippen molar-refractivity contribution in [2.24, 2.45) is 0 Å². The van der Waals surface area contributed by atoms with Gasteiger partial charge in [-0.2, -0.15) is 0 Å². The summed E-state index contributed by atoms with van der Waals surface area (Å²) in [6.45, 7) is 1.05. The molecule has 1 heterocycles. The Morgan fingerprint density at radius 3 is 2.81 bits per heavy atom. The van der Waals surface area contributed by atoms with Crippen LogP contribution in [0.25, 0.3) is 0 Å². The average Bonchev–Trinajstić information content (AvgIpc) is 2.45. The molecule has 1 aliphatic rings. The van der Waals surface area contributed by atoms with Gasteiger partial charge in [-0.3, -0.25) is 19.7 Å². The van der Waals surface area contributed by atoms with Gasteiger partial charge in [0.1, 0.15) is 0 Å². The number of nitro groups is 1. The molecule has 21 heavy (non-hydrogen) atoms. The van der Waals surface area contributed by atoms with Crippen molar-refractivity contribution in [3.05, 3.63) is 39.4 Å². The predicted molar refractivity (Wildman–Crippen MR) is 74.2 cm³/mol. The predicted octanol–water partition coefficient (Wildman–Crippen LogP) is 1.85. The maximum absolute atomic E-state index is 12.3. The van der Waals surface area contributed by atoms with E-state index >= 15 is 0 Å². The largest absolute Gasteiger partial charge is 0.481 e. The number of carboxylic acids is 1. The average molecular weight is 292 g/mol. The zero-order valence-electron chi connectivity index (χ0n) is 11.4. The van der Waals surface area contributed by atoms with Crippen LogP contribution in [-0.2, 0) is 11.2 Å². The summed E-state index contributed by atoms with van der Waals surface area (Å²) in [6, 6.07) is 4.36. The lowest BCUT2D eigenvalue weighted by Gasteiger charge is -2.28.